The van der Waals surface area contributed by atoms with Gasteiger partial charge in [0, 0.05) is 11.1 Å². The Kier molecular flexibility index (Phi) is 4.76. The zero-order valence-electron chi connectivity index (χ0n) is 12.6. The summed E-state index contributed by atoms with van der Waals surface area (Å²) in [6.07, 6.45) is 4.04. The van der Waals surface area contributed by atoms with Crippen LogP contribution in [0.1, 0.15) is 45.6 Å². The maximum absolute atomic E-state index is 13.9. The molecular weight excluding hydrogens is 273 g/mol. The molecule has 1 aromatic rings. The summed E-state index contributed by atoms with van der Waals surface area (Å²) in [6.45, 7) is 6.86. The topological polar surface area (TPSA) is 26.0 Å². The van der Waals surface area contributed by atoms with Gasteiger partial charge in [-0.3, -0.25) is 0 Å². The van der Waals surface area contributed by atoms with Gasteiger partial charge in [0.1, 0.15) is 5.82 Å². The Bertz CT molecular complexity index is 467. The summed E-state index contributed by atoms with van der Waals surface area (Å²) in [6, 6.07) is 5.14. The van der Waals surface area contributed by atoms with E-state index in [4.69, 9.17) is 17.3 Å². The molecule has 1 nitrogen and oxygen atoms in total. The molecule has 3 heteroatoms. The molecule has 0 aromatic heterocycles. The summed E-state index contributed by atoms with van der Waals surface area (Å²) in [5.74, 6) is 0.828. The Hall–Kier alpha value is -0.600. The molecule has 0 saturated heterocycles. The van der Waals surface area contributed by atoms with Crippen molar-refractivity contribution in [3.05, 3.63) is 34.6 Å². The Labute approximate surface area is 126 Å². The van der Waals surface area contributed by atoms with Crippen molar-refractivity contribution in [1.82, 2.24) is 0 Å². The Morgan fingerprint density at radius 3 is 2.60 bits per heavy atom. The van der Waals surface area contributed by atoms with Crippen LogP contribution in [0.15, 0.2) is 18.2 Å². The van der Waals surface area contributed by atoms with E-state index in [1.807, 2.05) is 0 Å². The van der Waals surface area contributed by atoms with Gasteiger partial charge in [0.2, 0.25) is 0 Å². The molecular formula is C17H25ClFN. The van der Waals surface area contributed by atoms with E-state index in [0.717, 1.165) is 24.8 Å². The SMILES string of the molecule is CC(C)(C)C1CCC(N)C(Cc2ccc(Cl)cc2F)C1. The highest BCUT2D eigenvalue weighted by molar-refractivity contribution is 6.30. The van der Waals surface area contributed by atoms with E-state index in [1.165, 1.54) is 12.5 Å². The third-order valence-corrected chi connectivity index (χ3v) is 5.00. The molecule has 3 unspecified atom stereocenters. The summed E-state index contributed by atoms with van der Waals surface area (Å²) in [5.41, 5.74) is 7.31. The zero-order chi connectivity index (χ0) is 14.9. The van der Waals surface area contributed by atoms with Gasteiger partial charge >= 0.3 is 0 Å². The number of nitrogens with two attached hydrogens (primary N) is 1. The van der Waals surface area contributed by atoms with Crippen molar-refractivity contribution in [2.45, 2.75) is 52.5 Å². The van der Waals surface area contributed by atoms with E-state index < -0.39 is 0 Å². The minimum atomic E-state index is -0.206. The minimum absolute atomic E-state index is 0.184. The quantitative estimate of drug-likeness (QED) is 0.833. The first kappa shape index (κ1) is 15.8. The van der Waals surface area contributed by atoms with Crippen LogP contribution in [0.3, 0.4) is 0 Å². The van der Waals surface area contributed by atoms with E-state index in [-0.39, 0.29) is 11.9 Å². The van der Waals surface area contributed by atoms with Crippen molar-refractivity contribution < 1.29 is 4.39 Å². The number of halogens is 2. The number of hydrogen-bond donors (Lipinski definition) is 1. The van der Waals surface area contributed by atoms with Gasteiger partial charge in [-0.1, -0.05) is 38.4 Å². The van der Waals surface area contributed by atoms with Gasteiger partial charge in [0.15, 0.2) is 0 Å². The minimum Gasteiger partial charge on any atom is -0.327 e. The van der Waals surface area contributed by atoms with Gasteiger partial charge < -0.3 is 5.73 Å². The van der Waals surface area contributed by atoms with Crippen molar-refractivity contribution in [1.29, 1.82) is 0 Å². The summed E-state index contributed by atoms with van der Waals surface area (Å²) in [5, 5.41) is 0.451. The van der Waals surface area contributed by atoms with E-state index in [1.54, 1.807) is 12.1 Å². The molecule has 2 N–H and O–H groups in total. The average molecular weight is 298 g/mol. The molecule has 1 fully saturated rings. The summed E-state index contributed by atoms with van der Waals surface area (Å²) in [7, 11) is 0. The standard InChI is InChI=1S/C17H25ClFN/c1-17(2,3)13-5-7-16(20)12(9-13)8-11-4-6-14(18)10-15(11)19/h4,6,10,12-13,16H,5,7-9,20H2,1-3H3. The molecule has 1 aromatic carbocycles. The molecule has 1 aliphatic rings. The van der Waals surface area contributed by atoms with Crippen LogP contribution < -0.4 is 5.73 Å². The van der Waals surface area contributed by atoms with Crippen LogP contribution in [0.5, 0.6) is 0 Å². The molecule has 112 valence electrons. The Morgan fingerprint density at radius 1 is 1.30 bits per heavy atom. The third-order valence-electron chi connectivity index (χ3n) is 4.76. The molecule has 0 spiro atoms. The fraction of sp³-hybridized carbons (Fsp3) is 0.647. The molecule has 1 aliphatic carbocycles. The van der Waals surface area contributed by atoms with Crippen molar-refractivity contribution in [3.63, 3.8) is 0 Å². The van der Waals surface area contributed by atoms with Crippen molar-refractivity contribution >= 4 is 11.6 Å². The third kappa shape index (κ3) is 3.73. The molecule has 0 bridgehead atoms. The van der Waals surface area contributed by atoms with E-state index in [2.05, 4.69) is 20.8 Å². The van der Waals surface area contributed by atoms with Crippen LogP contribution in [0.2, 0.25) is 5.02 Å². The first-order valence-corrected chi connectivity index (χ1v) is 7.84. The highest BCUT2D eigenvalue weighted by Gasteiger charge is 2.34. The van der Waals surface area contributed by atoms with Crippen LogP contribution in [0.4, 0.5) is 4.39 Å². The van der Waals surface area contributed by atoms with Gasteiger partial charge in [-0.15, -0.1) is 0 Å². The number of rotatable bonds is 2. The van der Waals surface area contributed by atoms with Gasteiger partial charge in [-0.2, -0.15) is 0 Å². The van der Waals surface area contributed by atoms with Crippen LogP contribution in [0.25, 0.3) is 0 Å². The summed E-state index contributed by atoms with van der Waals surface area (Å²) >= 11 is 5.81. The van der Waals surface area contributed by atoms with Gasteiger partial charge in [-0.05, 0) is 60.6 Å². The maximum Gasteiger partial charge on any atom is 0.127 e. The summed E-state index contributed by atoms with van der Waals surface area (Å²) in [4.78, 5) is 0. The average Bonchev–Trinajstić information content (AvgIpc) is 2.33. The molecule has 2 rings (SSSR count). The first-order chi connectivity index (χ1) is 9.27. The lowest BCUT2D eigenvalue weighted by Crippen LogP contribution is -2.40. The van der Waals surface area contributed by atoms with Gasteiger partial charge in [0.05, 0.1) is 0 Å². The predicted octanol–water partition coefficient (Wildman–Crippen LogP) is 4.81. The second-order valence-electron chi connectivity index (χ2n) is 7.24. The molecule has 1 saturated carbocycles. The fourth-order valence-corrected chi connectivity index (χ4v) is 3.44. The molecule has 0 radical (unpaired) electrons. The fourth-order valence-electron chi connectivity index (χ4n) is 3.28. The maximum atomic E-state index is 13.9. The lowest BCUT2D eigenvalue weighted by molar-refractivity contribution is 0.126. The molecule has 20 heavy (non-hydrogen) atoms. The highest BCUT2D eigenvalue weighted by atomic mass is 35.5. The summed E-state index contributed by atoms with van der Waals surface area (Å²) < 4.78 is 13.9. The van der Waals surface area contributed by atoms with Gasteiger partial charge in [0.25, 0.3) is 0 Å². The number of hydrogen-bond acceptors (Lipinski definition) is 1. The lowest BCUT2D eigenvalue weighted by Gasteiger charge is -2.40. The molecule has 0 amide bonds. The number of benzene rings is 1. The van der Waals surface area contributed by atoms with Gasteiger partial charge in [-0.25, -0.2) is 4.39 Å². The van der Waals surface area contributed by atoms with Crippen LogP contribution in [-0.4, -0.2) is 6.04 Å². The van der Waals surface area contributed by atoms with Crippen LogP contribution >= 0.6 is 11.6 Å². The van der Waals surface area contributed by atoms with Crippen molar-refractivity contribution in [2.24, 2.45) is 23.0 Å². The second-order valence-corrected chi connectivity index (χ2v) is 7.68. The molecule has 0 heterocycles. The van der Waals surface area contributed by atoms with E-state index in [9.17, 15) is 4.39 Å². The van der Waals surface area contributed by atoms with E-state index in [0.29, 0.717) is 22.3 Å². The molecule has 3 atom stereocenters. The molecule has 0 aliphatic heterocycles. The lowest BCUT2D eigenvalue weighted by atomic mass is 9.66. The van der Waals surface area contributed by atoms with Crippen molar-refractivity contribution in [2.75, 3.05) is 0 Å². The monoisotopic (exact) mass is 297 g/mol. The largest absolute Gasteiger partial charge is 0.327 e. The van der Waals surface area contributed by atoms with Crippen molar-refractivity contribution in [3.8, 4) is 0 Å². The second kappa shape index (κ2) is 6.03. The van der Waals surface area contributed by atoms with Crippen LogP contribution in [0, 0.1) is 23.1 Å². The zero-order valence-corrected chi connectivity index (χ0v) is 13.4. The van der Waals surface area contributed by atoms with E-state index >= 15 is 0 Å². The van der Waals surface area contributed by atoms with Crippen LogP contribution in [-0.2, 0) is 6.42 Å². The predicted molar refractivity (Wildman–Crippen MR) is 83.4 cm³/mol. The highest BCUT2D eigenvalue weighted by Crippen LogP contribution is 2.41. The smallest absolute Gasteiger partial charge is 0.127 e. The Balaban J connectivity index is 2.10. The first-order valence-electron chi connectivity index (χ1n) is 7.47. The normalized spacial score (nSPS) is 27.6. The Morgan fingerprint density at radius 2 is 2.00 bits per heavy atom.